The number of aldehydes is 1. The van der Waals surface area contributed by atoms with Gasteiger partial charge in [-0.3, -0.25) is 4.79 Å². The summed E-state index contributed by atoms with van der Waals surface area (Å²) in [6.07, 6.45) is 0.744. The lowest BCUT2D eigenvalue weighted by Gasteiger charge is -2.22. The summed E-state index contributed by atoms with van der Waals surface area (Å²) in [5, 5.41) is 18.3. The van der Waals surface area contributed by atoms with Crippen molar-refractivity contribution in [2.75, 3.05) is 0 Å². The van der Waals surface area contributed by atoms with Crippen LogP contribution in [-0.4, -0.2) is 6.29 Å². The molecule has 0 amide bonds. The minimum Gasteiger partial charge on any atom is -0.298 e. The molecule has 3 heteroatoms. The first kappa shape index (κ1) is 17.9. The van der Waals surface area contributed by atoms with Gasteiger partial charge in [0.25, 0.3) is 0 Å². The number of hydrogen-bond acceptors (Lipinski definition) is 3. The molecule has 20 heavy (non-hydrogen) atoms. The van der Waals surface area contributed by atoms with Crippen molar-refractivity contribution in [2.45, 2.75) is 52.4 Å². The van der Waals surface area contributed by atoms with E-state index >= 15 is 0 Å². The molecule has 1 rings (SSSR count). The van der Waals surface area contributed by atoms with Gasteiger partial charge in [-0.05, 0) is 51.0 Å². The van der Waals surface area contributed by atoms with Gasteiger partial charge in [0.1, 0.15) is 6.29 Å². The average Bonchev–Trinajstić information content (AvgIpc) is 2.48. The molecule has 1 aromatic carbocycles. The molecule has 0 aliphatic heterocycles. The summed E-state index contributed by atoms with van der Waals surface area (Å²) in [4.78, 5) is 11.0. The Morgan fingerprint density at radius 2 is 1.25 bits per heavy atom. The van der Waals surface area contributed by atoms with Gasteiger partial charge in [-0.1, -0.05) is 19.9 Å². The quantitative estimate of drug-likeness (QED) is 0.776. The maximum Gasteiger partial charge on any atom is 0.150 e. The number of benzene rings is 1. The van der Waals surface area contributed by atoms with Crippen molar-refractivity contribution in [3.63, 3.8) is 0 Å². The molecule has 0 aliphatic carbocycles. The zero-order valence-corrected chi connectivity index (χ0v) is 13.1. The first-order valence-electron chi connectivity index (χ1n) is 6.70. The monoisotopic (exact) mass is 270 g/mol. The van der Waals surface area contributed by atoms with Crippen LogP contribution in [0.4, 0.5) is 0 Å². The van der Waals surface area contributed by atoms with Gasteiger partial charge in [-0.2, -0.15) is 10.5 Å². The topological polar surface area (TPSA) is 64.7 Å². The average molecular weight is 270 g/mol. The van der Waals surface area contributed by atoms with Crippen molar-refractivity contribution in [1.82, 2.24) is 0 Å². The van der Waals surface area contributed by atoms with E-state index < -0.39 is 10.8 Å². The molecule has 0 aromatic heterocycles. The van der Waals surface area contributed by atoms with Gasteiger partial charge in [0.15, 0.2) is 0 Å². The summed E-state index contributed by atoms with van der Waals surface area (Å²) in [6, 6.07) is 9.65. The molecule has 0 heterocycles. The molecular weight excluding hydrogens is 248 g/mol. The second kappa shape index (κ2) is 6.87. The third kappa shape index (κ3) is 3.93. The van der Waals surface area contributed by atoms with Crippen molar-refractivity contribution in [1.29, 1.82) is 10.5 Å². The highest BCUT2D eigenvalue weighted by Crippen LogP contribution is 2.29. The second-order valence-corrected chi connectivity index (χ2v) is 5.44. The summed E-state index contributed by atoms with van der Waals surface area (Å²) in [6.45, 7) is 11.2. The first-order chi connectivity index (χ1) is 9.26. The van der Waals surface area contributed by atoms with Crippen molar-refractivity contribution < 1.29 is 4.79 Å². The number of nitrogens with zero attached hydrogens (tertiary/aromatic N) is 2. The Labute approximate surface area is 121 Å². The molecule has 106 valence electrons. The Morgan fingerprint density at radius 1 is 0.900 bits per heavy atom. The van der Waals surface area contributed by atoms with E-state index in [9.17, 15) is 4.79 Å². The second-order valence-electron chi connectivity index (χ2n) is 5.44. The normalized spacial score (nSPS) is 10.6. The summed E-state index contributed by atoms with van der Waals surface area (Å²) < 4.78 is 0. The molecule has 0 radical (unpaired) electrons. The third-order valence-corrected chi connectivity index (χ3v) is 3.09. The standard InChI is InChI=1S/C15H16N2O.C2H6/c1-14(2,9-16)12-5-11(8-18)6-13(7-12)15(3,4)10-17;1-2/h5-8H,1-4H3;1-2H3. The third-order valence-electron chi connectivity index (χ3n) is 3.09. The van der Waals surface area contributed by atoms with Crippen LogP contribution in [0.5, 0.6) is 0 Å². The number of nitriles is 2. The summed E-state index contributed by atoms with van der Waals surface area (Å²) in [5.74, 6) is 0. The van der Waals surface area contributed by atoms with E-state index in [4.69, 9.17) is 10.5 Å². The molecule has 0 saturated heterocycles. The maximum absolute atomic E-state index is 11.0. The predicted molar refractivity (Wildman–Crippen MR) is 80.5 cm³/mol. The van der Waals surface area contributed by atoms with Crippen LogP contribution in [-0.2, 0) is 10.8 Å². The molecule has 0 spiro atoms. The molecule has 0 unspecified atom stereocenters. The van der Waals surface area contributed by atoms with Crippen LogP contribution in [0.1, 0.15) is 63.0 Å². The van der Waals surface area contributed by atoms with Gasteiger partial charge in [-0.25, -0.2) is 0 Å². The van der Waals surface area contributed by atoms with Gasteiger partial charge in [-0.15, -0.1) is 0 Å². The SMILES string of the molecule is CC.CC(C)(C#N)c1cc(C=O)cc(C(C)(C)C#N)c1. The Bertz CT molecular complexity index is 513. The molecule has 3 nitrogen and oxygen atoms in total. The Kier molecular flexibility index (Phi) is 6.14. The molecule has 0 aliphatic rings. The lowest BCUT2D eigenvalue weighted by Crippen LogP contribution is -2.19. The van der Waals surface area contributed by atoms with E-state index in [-0.39, 0.29) is 0 Å². The number of hydrogen-bond donors (Lipinski definition) is 0. The summed E-state index contributed by atoms with van der Waals surface area (Å²) >= 11 is 0. The fraction of sp³-hybridized carbons (Fsp3) is 0.471. The van der Waals surface area contributed by atoms with E-state index in [1.165, 1.54) is 0 Å². The zero-order valence-electron chi connectivity index (χ0n) is 13.1. The predicted octanol–water partition coefficient (Wildman–Crippen LogP) is 4.13. The highest BCUT2D eigenvalue weighted by molar-refractivity contribution is 5.76. The Balaban J connectivity index is 0.00000172. The maximum atomic E-state index is 11.0. The van der Waals surface area contributed by atoms with Gasteiger partial charge in [0.2, 0.25) is 0 Å². The molecule has 0 N–H and O–H groups in total. The first-order valence-corrected chi connectivity index (χ1v) is 6.70. The van der Waals surface area contributed by atoms with Gasteiger partial charge < -0.3 is 0 Å². The van der Waals surface area contributed by atoms with Crippen molar-refractivity contribution in [3.8, 4) is 12.1 Å². The number of rotatable bonds is 3. The lowest BCUT2D eigenvalue weighted by atomic mass is 9.79. The minimum atomic E-state index is -0.681. The Morgan fingerprint density at radius 3 is 1.50 bits per heavy atom. The van der Waals surface area contributed by atoms with Crippen LogP contribution in [0.3, 0.4) is 0 Å². The highest BCUT2D eigenvalue weighted by Gasteiger charge is 2.25. The van der Waals surface area contributed by atoms with Crippen LogP contribution >= 0.6 is 0 Å². The number of carbonyl (C=O) groups excluding carboxylic acids is 1. The van der Waals surface area contributed by atoms with Crippen molar-refractivity contribution in [3.05, 3.63) is 34.9 Å². The van der Waals surface area contributed by atoms with E-state index in [1.807, 2.05) is 19.9 Å². The molecule has 1 aromatic rings. The van der Waals surface area contributed by atoms with Crippen molar-refractivity contribution in [2.24, 2.45) is 0 Å². The summed E-state index contributed by atoms with van der Waals surface area (Å²) in [5.41, 5.74) is 0.647. The highest BCUT2D eigenvalue weighted by atomic mass is 16.1. The van der Waals surface area contributed by atoms with Crippen LogP contribution < -0.4 is 0 Å². The largest absolute Gasteiger partial charge is 0.298 e. The number of carbonyl (C=O) groups is 1. The van der Waals surface area contributed by atoms with Crippen molar-refractivity contribution >= 4 is 6.29 Å². The molecule has 0 saturated carbocycles. The van der Waals surface area contributed by atoms with E-state index in [1.54, 1.807) is 39.8 Å². The fourth-order valence-electron chi connectivity index (χ4n) is 1.57. The van der Waals surface area contributed by atoms with Crippen LogP contribution in [0.25, 0.3) is 0 Å². The minimum absolute atomic E-state index is 0.495. The van der Waals surface area contributed by atoms with E-state index in [0.717, 1.165) is 17.4 Å². The fourth-order valence-corrected chi connectivity index (χ4v) is 1.57. The Hall–Kier alpha value is -2.13. The molecular formula is C17H22N2O. The van der Waals surface area contributed by atoms with Gasteiger partial charge in [0.05, 0.1) is 23.0 Å². The van der Waals surface area contributed by atoms with Gasteiger partial charge >= 0.3 is 0 Å². The smallest absolute Gasteiger partial charge is 0.150 e. The van der Waals surface area contributed by atoms with Crippen LogP contribution in [0.2, 0.25) is 0 Å². The van der Waals surface area contributed by atoms with E-state index in [2.05, 4.69) is 12.1 Å². The molecule has 0 bridgehead atoms. The summed E-state index contributed by atoms with van der Waals surface area (Å²) in [7, 11) is 0. The zero-order chi connectivity index (χ0) is 16.0. The molecule has 0 fully saturated rings. The molecule has 0 atom stereocenters. The van der Waals surface area contributed by atoms with Crippen LogP contribution in [0, 0.1) is 22.7 Å². The van der Waals surface area contributed by atoms with Gasteiger partial charge in [0, 0.05) is 5.56 Å². The lowest BCUT2D eigenvalue weighted by molar-refractivity contribution is 0.112. The van der Waals surface area contributed by atoms with Crippen LogP contribution in [0.15, 0.2) is 18.2 Å². The van der Waals surface area contributed by atoms with E-state index in [0.29, 0.717) is 5.56 Å².